The van der Waals surface area contributed by atoms with E-state index in [1.165, 1.54) is 17.1 Å². The molecule has 0 saturated heterocycles. The molecule has 0 amide bonds. The summed E-state index contributed by atoms with van der Waals surface area (Å²) in [5.41, 5.74) is 2.32. The summed E-state index contributed by atoms with van der Waals surface area (Å²) in [6.07, 6.45) is 2.62. The van der Waals surface area contributed by atoms with Crippen molar-refractivity contribution in [3.63, 3.8) is 0 Å². The van der Waals surface area contributed by atoms with Crippen molar-refractivity contribution in [1.82, 2.24) is 9.59 Å². The largest absolute Gasteiger partial charge is 0.387 e. The number of hydrogen-bond donors (Lipinski definition) is 1. The Kier molecular flexibility index (Phi) is 3.62. The molecule has 1 fully saturated rings. The van der Waals surface area contributed by atoms with Gasteiger partial charge < -0.3 is 5.11 Å². The van der Waals surface area contributed by atoms with Crippen molar-refractivity contribution in [3.8, 4) is 0 Å². The Bertz CT molecular complexity index is 540. The molecule has 3 nitrogen and oxygen atoms in total. The van der Waals surface area contributed by atoms with Gasteiger partial charge in [-0.2, -0.15) is 0 Å². The third kappa shape index (κ3) is 2.55. The zero-order valence-corrected chi connectivity index (χ0v) is 11.8. The lowest BCUT2D eigenvalue weighted by atomic mass is 10.0. The number of aromatic nitrogens is 2. The van der Waals surface area contributed by atoms with Gasteiger partial charge in [0, 0.05) is 0 Å². The summed E-state index contributed by atoms with van der Waals surface area (Å²) >= 11 is 1.35. The summed E-state index contributed by atoms with van der Waals surface area (Å²) in [5.74, 6) is 0.827. The minimum absolute atomic E-state index is 0.334. The molecule has 100 valence electrons. The molecule has 19 heavy (non-hydrogen) atoms. The summed E-state index contributed by atoms with van der Waals surface area (Å²) in [6.45, 7) is 2.12. The van der Waals surface area contributed by atoms with E-state index in [-0.39, 0.29) is 0 Å². The maximum Gasteiger partial charge on any atom is 0.0951 e. The predicted molar refractivity (Wildman–Crippen MR) is 76.2 cm³/mol. The van der Waals surface area contributed by atoms with Crippen LogP contribution in [0.5, 0.6) is 0 Å². The van der Waals surface area contributed by atoms with Crippen molar-refractivity contribution in [3.05, 3.63) is 46.5 Å². The van der Waals surface area contributed by atoms with Crippen molar-refractivity contribution >= 4 is 11.5 Å². The Hall–Kier alpha value is -1.26. The standard InChI is InChI=1S/C15H18N2OS/c1-2-6-13-15(19-17-16-13)14(18)12-9-11(12)10-7-4-3-5-8-10/h3-5,7-8,11-12,14,18H,2,6,9H2,1H3. The van der Waals surface area contributed by atoms with E-state index in [4.69, 9.17) is 0 Å². The van der Waals surface area contributed by atoms with Crippen molar-refractivity contribution < 1.29 is 5.11 Å². The van der Waals surface area contributed by atoms with Gasteiger partial charge in [0.15, 0.2) is 0 Å². The fourth-order valence-electron chi connectivity index (χ4n) is 2.69. The van der Waals surface area contributed by atoms with E-state index in [1.54, 1.807) is 0 Å². The van der Waals surface area contributed by atoms with Crippen LogP contribution in [0.2, 0.25) is 0 Å². The quantitative estimate of drug-likeness (QED) is 0.909. The number of hydrogen-bond acceptors (Lipinski definition) is 4. The van der Waals surface area contributed by atoms with Crippen molar-refractivity contribution in [2.45, 2.75) is 38.2 Å². The Balaban J connectivity index is 1.72. The normalized spacial score (nSPS) is 23.3. The van der Waals surface area contributed by atoms with Gasteiger partial charge in [0.25, 0.3) is 0 Å². The Labute approximate surface area is 117 Å². The second-order valence-electron chi connectivity index (χ2n) is 5.20. The molecule has 3 atom stereocenters. The van der Waals surface area contributed by atoms with Crippen LogP contribution in [0.15, 0.2) is 30.3 Å². The Morgan fingerprint density at radius 3 is 2.89 bits per heavy atom. The highest BCUT2D eigenvalue weighted by Crippen LogP contribution is 2.54. The summed E-state index contributed by atoms with van der Waals surface area (Å²) in [6, 6.07) is 10.5. The van der Waals surface area contributed by atoms with E-state index in [2.05, 4.69) is 40.8 Å². The lowest BCUT2D eigenvalue weighted by Gasteiger charge is -2.09. The zero-order valence-electron chi connectivity index (χ0n) is 11.0. The molecule has 1 aliphatic carbocycles. The smallest absolute Gasteiger partial charge is 0.0951 e. The minimum atomic E-state index is -0.397. The van der Waals surface area contributed by atoms with Gasteiger partial charge in [-0.3, -0.25) is 0 Å². The highest BCUT2D eigenvalue weighted by Gasteiger charge is 2.45. The lowest BCUT2D eigenvalue weighted by Crippen LogP contribution is -2.03. The Morgan fingerprint density at radius 1 is 1.37 bits per heavy atom. The van der Waals surface area contributed by atoms with E-state index in [0.717, 1.165) is 29.8 Å². The molecule has 3 unspecified atom stereocenters. The predicted octanol–water partition coefficient (Wildman–Crippen LogP) is 3.33. The van der Waals surface area contributed by atoms with E-state index >= 15 is 0 Å². The van der Waals surface area contributed by atoms with Gasteiger partial charge in [0.1, 0.15) is 0 Å². The van der Waals surface area contributed by atoms with E-state index in [0.29, 0.717) is 11.8 Å². The van der Waals surface area contributed by atoms with Crippen LogP contribution in [-0.2, 0) is 6.42 Å². The number of aliphatic hydroxyl groups is 1. The van der Waals surface area contributed by atoms with Gasteiger partial charge in [-0.25, -0.2) is 0 Å². The van der Waals surface area contributed by atoms with Crippen LogP contribution in [-0.4, -0.2) is 14.7 Å². The molecule has 1 N–H and O–H groups in total. The van der Waals surface area contributed by atoms with Crippen molar-refractivity contribution in [2.24, 2.45) is 5.92 Å². The molecule has 1 heterocycles. The summed E-state index contributed by atoms with van der Waals surface area (Å²) < 4.78 is 4.00. The number of rotatable bonds is 5. The average molecular weight is 274 g/mol. The maximum atomic E-state index is 10.5. The Morgan fingerprint density at radius 2 is 2.16 bits per heavy atom. The topological polar surface area (TPSA) is 46.0 Å². The number of nitrogens with zero attached hydrogens (tertiary/aromatic N) is 2. The summed E-state index contributed by atoms with van der Waals surface area (Å²) in [5, 5.41) is 14.7. The molecule has 3 rings (SSSR count). The van der Waals surface area contributed by atoms with Gasteiger partial charge in [0.05, 0.1) is 16.7 Å². The van der Waals surface area contributed by atoms with Gasteiger partial charge in [-0.05, 0) is 41.8 Å². The van der Waals surface area contributed by atoms with Gasteiger partial charge in [-0.1, -0.05) is 48.2 Å². The van der Waals surface area contributed by atoms with Crippen molar-refractivity contribution in [2.75, 3.05) is 0 Å². The summed E-state index contributed by atoms with van der Waals surface area (Å²) in [7, 11) is 0. The third-order valence-corrected chi connectivity index (χ3v) is 4.65. The first kappa shape index (κ1) is 12.8. The fraction of sp³-hybridized carbons (Fsp3) is 0.467. The molecule has 2 aromatic rings. The van der Waals surface area contributed by atoms with Crippen LogP contribution in [0.1, 0.15) is 47.9 Å². The van der Waals surface area contributed by atoms with E-state index in [1.807, 2.05) is 6.07 Å². The molecule has 1 aliphatic rings. The van der Waals surface area contributed by atoms with Crippen LogP contribution in [0.4, 0.5) is 0 Å². The minimum Gasteiger partial charge on any atom is -0.387 e. The van der Waals surface area contributed by atoms with Crippen molar-refractivity contribution in [1.29, 1.82) is 0 Å². The average Bonchev–Trinajstić information content (AvgIpc) is 3.12. The molecule has 0 spiro atoms. The number of aliphatic hydroxyl groups excluding tert-OH is 1. The SMILES string of the molecule is CCCc1nnsc1C(O)C1CC1c1ccccc1. The van der Waals surface area contributed by atoms with Crippen LogP contribution < -0.4 is 0 Å². The second-order valence-corrected chi connectivity index (χ2v) is 5.98. The number of benzene rings is 1. The van der Waals surface area contributed by atoms with Crippen LogP contribution in [0.3, 0.4) is 0 Å². The first-order chi connectivity index (χ1) is 9.31. The highest BCUT2D eigenvalue weighted by atomic mass is 32.1. The lowest BCUT2D eigenvalue weighted by molar-refractivity contribution is 0.153. The monoisotopic (exact) mass is 274 g/mol. The maximum absolute atomic E-state index is 10.5. The molecule has 0 radical (unpaired) electrons. The highest BCUT2D eigenvalue weighted by molar-refractivity contribution is 7.05. The molecule has 4 heteroatoms. The molecule has 0 aliphatic heterocycles. The summed E-state index contributed by atoms with van der Waals surface area (Å²) in [4.78, 5) is 0.977. The first-order valence-corrected chi connectivity index (χ1v) is 7.62. The molecular weight excluding hydrogens is 256 g/mol. The fourth-order valence-corrected chi connectivity index (χ4v) is 3.45. The van der Waals surface area contributed by atoms with Gasteiger partial charge in [0.2, 0.25) is 0 Å². The number of aryl methyl sites for hydroxylation is 1. The van der Waals surface area contributed by atoms with Gasteiger partial charge in [-0.15, -0.1) is 5.10 Å². The first-order valence-electron chi connectivity index (χ1n) is 6.85. The van der Waals surface area contributed by atoms with E-state index < -0.39 is 6.10 Å². The van der Waals surface area contributed by atoms with Gasteiger partial charge >= 0.3 is 0 Å². The van der Waals surface area contributed by atoms with Crippen LogP contribution in [0, 0.1) is 5.92 Å². The van der Waals surface area contributed by atoms with E-state index in [9.17, 15) is 5.11 Å². The molecule has 1 aromatic heterocycles. The molecule has 1 saturated carbocycles. The third-order valence-electron chi connectivity index (χ3n) is 3.81. The molecule has 0 bridgehead atoms. The second kappa shape index (κ2) is 5.39. The molecule has 1 aromatic carbocycles. The van der Waals surface area contributed by atoms with Crippen LogP contribution in [0.25, 0.3) is 0 Å². The zero-order chi connectivity index (χ0) is 13.2. The van der Waals surface area contributed by atoms with Crippen LogP contribution >= 0.6 is 11.5 Å². The molecular formula is C15H18N2OS.